The second kappa shape index (κ2) is 13.3. The lowest BCUT2D eigenvalue weighted by Gasteiger charge is -2.21. The van der Waals surface area contributed by atoms with Gasteiger partial charge in [-0.15, -0.1) is 0 Å². The minimum absolute atomic E-state index is 0.116. The van der Waals surface area contributed by atoms with E-state index in [-0.39, 0.29) is 5.92 Å². The molecule has 0 aliphatic carbocycles. The van der Waals surface area contributed by atoms with Crippen LogP contribution >= 0.6 is 0 Å². The van der Waals surface area contributed by atoms with Crippen LogP contribution in [0, 0.1) is 5.92 Å². The van der Waals surface area contributed by atoms with Gasteiger partial charge in [0.15, 0.2) is 5.84 Å². The number of nitrogens with zero attached hydrogens (tertiary/aromatic N) is 3. The average molecular weight is 756 g/mol. The Morgan fingerprint density at radius 3 is 1.92 bits per heavy atom. The van der Waals surface area contributed by atoms with Gasteiger partial charge in [-0.05, 0) is 92.8 Å². The van der Waals surface area contributed by atoms with Crippen molar-refractivity contribution in [3.05, 3.63) is 205 Å². The van der Waals surface area contributed by atoms with Gasteiger partial charge in [0.1, 0.15) is 11.2 Å². The van der Waals surface area contributed by atoms with Crippen LogP contribution in [-0.4, -0.2) is 16.1 Å². The summed E-state index contributed by atoms with van der Waals surface area (Å²) in [6.07, 6.45) is 3.09. The zero-order valence-electron chi connectivity index (χ0n) is 32.4. The van der Waals surface area contributed by atoms with Gasteiger partial charge < -0.3 is 8.98 Å². The van der Waals surface area contributed by atoms with E-state index >= 15 is 0 Å². The zero-order valence-corrected chi connectivity index (χ0v) is 32.4. The first-order valence-corrected chi connectivity index (χ1v) is 20.4. The van der Waals surface area contributed by atoms with E-state index in [1.54, 1.807) is 0 Å². The van der Waals surface area contributed by atoms with Crippen molar-refractivity contribution in [2.75, 3.05) is 0 Å². The molecule has 0 saturated heterocycles. The maximum atomic E-state index is 6.80. The lowest BCUT2D eigenvalue weighted by atomic mass is 9.92. The number of hydrogen-bond acceptors (Lipinski definition) is 3. The molecule has 0 amide bonds. The lowest BCUT2D eigenvalue weighted by Crippen LogP contribution is -2.17. The monoisotopic (exact) mass is 755 g/mol. The summed E-state index contributed by atoms with van der Waals surface area (Å²) >= 11 is 0. The Hall–Kier alpha value is -7.56. The molecule has 1 aliphatic heterocycles. The second-order valence-electron chi connectivity index (χ2n) is 15.8. The van der Waals surface area contributed by atoms with E-state index in [2.05, 4.69) is 200 Å². The van der Waals surface area contributed by atoms with Crippen LogP contribution in [0.2, 0.25) is 0 Å². The van der Waals surface area contributed by atoms with E-state index in [1.165, 1.54) is 32.3 Å². The zero-order chi connectivity index (χ0) is 39.0. The lowest BCUT2D eigenvalue weighted by molar-refractivity contribution is 0.669. The molecule has 2 aromatic heterocycles. The first kappa shape index (κ1) is 33.6. The highest BCUT2D eigenvalue weighted by atomic mass is 16.3. The van der Waals surface area contributed by atoms with Gasteiger partial charge in [0.25, 0.3) is 0 Å². The molecule has 9 aromatic carbocycles. The molecular formula is C55H37N3O. The Balaban J connectivity index is 1.21. The summed E-state index contributed by atoms with van der Waals surface area (Å²) in [7, 11) is 0. The van der Waals surface area contributed by atoms with Crippen LogP contribution in [0.4, 0.5) is 0 Å². The number of aliphatic imine (C=N–C) groups is 2. The van der Waals surface area contributed by atoms with Crippen molar-refractivity contribution in [1.82, 2.24) is 4.57 Å². The van der Waals surface area contributed by atoms with E-state index in [0.29, 0.717) is 5.84 Å². The highest BCUT2D eigenvalue weighted by Gasteiger charge is 2.25. The van der Waals surface area contributed by atoms with Crippen molar-refractivity contribution in [2.24, 2.45) is 15.9 Å². The van der Waals surface area contributed by atoms with Gasteiger partial charge >= 0.3 is 0 Å². The van der Waals surface area contributed by atoms with E-state index in [9.17, 15) is 0 Å². The van der Waals surface area contributed by atoms with Gasteiger partial charge in [-0.2, -0.15) is 0 Å². The van der Waals surface area contributed by atoms with Crippen LogP contribution < -0.4 is 0 Å². The van der Waals surface area contributed by atoms with E-state index in [0.717, 1.165) is 84.0 Å². The fourth-order valence-electron chi connectivity index (χ4n) is 9.29. The van der Waals surface area contributed by atoms with Gasteiger partial charge in [0.05, 0.1) is 28.1 Å². The summed E-state index contributed by atoms with van der Waals surface area (Å²) in [5.41, 5.74) is 10.0. The number of amidine groups is 1. The Bertz CT molecular complexity index is 3600. The summed E-state index contributed by atoms with van der Waals surface area (Å²) in [5, 5.41) is 11.6. The molecular weight excluding hydrogens is 719 g/mol. The fourth-order valence-corrected chi connectivity index (χ4v) is 9.29. The molecule has 1 aliphatic rings. The standard InChI is InChI=1S/C55H37N3O/c1-34-23-26-46(56-55(57-54(34)36-14-3-2-4-15-36)42-25-24-35-13-5-6-16-37(35)29-42)53-48(27-28-50-52(53)45-31-39-18-8-10-20-41(39)33-51(45)59-50)58-47-22-12-11-21-43(47)44-30-38-17-7-9-19-40(38)32-49(44)58/h2-22,24-34H,23H2,1H3/b46-26+,56-55-,57-54+. The molecule has 0 bridgehead atoms. The minimum atomic E-state index is 0.116. The molecule has 0 fully saturated rings. The summed E-state index contributed by atoms with van der Waals surface area (Å²) < 4.78 is 9.24. The van der Waals surface area contributed by atoms with Gasteiger partial charge in [0.2, 0.25) is 0 Å². The summed E-state index contributed by atoms with van der Waals surface area (Å²) in [6.45, 7) is 2.28. The largest absolute Gasteiger partial charge is 0.456 e. The Labute approximate surface area is 340 Å². The number of hydrogen-bond donors (Lipinski definition) is 0. The summed E-state index contributed by atoms with van der Waals surface area (Å²) in [4.78, 5) is 11.2. The smallest absolute Gasteiger partial charge is 0.160 e. The highest BCUT2D eigenvalue weighted by molar-refractivity contribution is 6.20. The van der Waals surface area contributed by atoms with Crippen LogP contribution in [0.25, 0.3) is 87.4 Å². The number of benzene rings is 9. The van der Waals surface area contributed by atoms with Gasteiger partial charge in [-0.3, -0.25) is 0 Å². The molecule has 0 N–H and O–H groups in total. The second-order valence-corrected chi connectivity index (χ2v) is 15.8. The maximum Gasteiger partial charge on any atom is 0.160 e. The molecule has 4 heteroatoms. The fraction of sp³-hybridized carbons (Fsp3) is 0.0545. The Morgan fingerprint density at radius 1 is 0.492 bits per heavy atom. The van der Waals surface area contributed by atoms with Crippen LogP contribution in [-0.2, 0) is 0 Å². The first-order valence-electron chi connectivity index (χ1n) is 20.4. The number of para-hydroxylation sites is 1. The molecule has 11 aromatic rings. The molecule has 59 heavy (non-hydrogen) atoms. The number of allylic oxidation sites excluding steroid dienone is 1. The average Bonchev–Trinajstić information content (AvgIpc) is 3.80. The quantitative estimate of drug-likeness (QED) is 0.176. The predicted octanol–water partition coefficient (Wildman–Crippen LogP) is 14.5. The van der Waals surface area contributed by atoms with E-state index < -0.39 is 0 Å². The predicted molar refractivity (Wildman–Crippen MR) is 248 cm³/mol. The van der Waals surface area contributed by atoms with Crippen molar-refractivity contribution in [3.63, 3.8) is 0 Å². The molecule has 278 valence electrons. The van der Waals surface area contributed by atoms with Crippen LogP contribution in [0.5, 0.6) is 0 Å². The first-order chi connectivity index (χ1) is 29.1. The molecule has 12 rings (SSSR count). The minimum Gasteiger partial charge on any atom is -0.456 e. The molecule has 3 heterocycles. The van der Waals surface area contributed by atoms with E-state index in [1.807, 2.05) is 0 Å². The highest BCUT2D eigenvalue weighted by Crippen LogP contribution is 2.44. The third kappa shape index (κ3) is 5.44. The van der Waals surface area contributed by atoms with Crippen molar-refractivity contribution < 1.29 is 4.42 Å². The number of furan rings is 1. The Morgan fingerprint density at radius 2 is 1.14 bits per heavy atom. The van der Waals surface area contributed by atoms with Crippen molar-refractivity contribution in [2.45, 2.75) is 13.3 Å². The Kier molecular flexibility index (Phi) is 7.54. The van der Waals surface area contributed by atoms with Crippen LogP contribution in [0.3, 0.4) is 0 Å². The SMILES string of the molecule is CC1C/C=C(c2c(-n3c4ccccc4c4cc5ccccc5cc43)ccc3oc4cc5ccccc5cc4c23)/N=C(c2ccc3ccccc3c2)\N=C/1c1ccccc1. The van der Waals surface area contributed by atoms with Crippen molar-refractivity contribution in [3.8, 4) is 5.69 Å². The number of fused-ring (bicyclic) bond motifs is 9. The van der Waals surface area contributed by atoms with E-state index in [4.69, 9.17) is 14.4 Å². The number of rotatable bonds is 4. The molecule has 1 unspecified atom stereocenters. The normalized spacial score (nSPS) is 17.6. The molecule has 4 nitrogen and oxygen atoms in total. The van der Waals surface area contributed by atoms with Gasteiger partial charge in [0, 0.05) is 38.6 Å². The van der Waals surface area contributed by atoms with Crippen LogP contribution in [0.1, 0.15) is 30.0 Å². The van der Waals surface area contributed by atoms with Crippen LogP contribution in [0.15, 0.2) is 202 Å². The molecule has 0 radical (unpaired) electrons. The summed E-state index contributed by atoms with van der Waals surface area (Å²) in [6, 6.07) is 65.1. The van der Waals surface area contributed by atoms with Gasteiger partial charge in [-0.1, -0.05) is 146 Å². The van der Waals surface area contributed by atoms with Crippen molar-refractivity contribution in [1.29, 1.82) is 0 Å². The third-order valence-electron chi connectivity index (χ3n) is 12.2. The van der Waals surface area contributed by atoms with Gasteiger partial charge in [-0.25, -0.2) is 9.98 Å². The molecule has 0 spiro atoms. The van der Waals surface area contributed by atoms with Crippen molar-refractivity contribution >= 4 is 93.3 Å². The number of aromatic nitrogens is 1. The maximum absolute atomic E-state index is 6.80. The third-order valence-corrected chi connectivity index (χ3v) is 12.2. The summed E-state index contributed by atoms with van der Waals surface area (Å²) in [5.74, 6) is 0.799. The molecule has 0 saturated carbocycles. The molecule has 1 atom stereocenters. The topological polar surface area (TPSA) is 42.8 Å².